The lowest BCUT2D eigenvalue weighted by Crippen LogP contribution is -2.38. The fourth-order valence-electron chi connectivity index (χ4n) is 2.30. The van der Waals surface area contributed by atoms with Gasteiger partial charge in [-0.3, -0.25) is 0 Å². The van der Waals surface area contributed by atoms with E-state index in [0.29, 0.717) is 24.5 Å². The van der Waals surface area contributed by atoms with Crippen molar-refractivity contribution < 1.29 is 13.2 Å². The third kappa shape index (κ3) is 2.48. The number of nitrogens with two attached hydrogens (primary N) is 1. The Bertz CT molecular complexity index is 578. The van der Waals surface area contributed by atoms with Gasteiger partial charge in [0.05, 0.1) is 18.3 Å². The van der Waals surface area contributed by atoms with E-state index in [2.05, 4.69) is 0 Å². The molecule has 1 fully saturated rings. The number of nitrogens with zero attached hydrogens (tertiary/aromatic N) is 1. The molecule has 0 bridgehead atoms. The van der Waals surface area contributed by atoms with Crippen molar-refractivity contribution in [3.05, 3.63) is 23.3 Å². The Morgan fingerprint density at radius 1 is 1.32 bits per heavy atom. The first-order chi connectivity index (χ1) is 8.85. The van der Waals surface area contributed by atoms with Crippen LogP contribution in [-0.4, -0.2) is 39.0 Å². The lowest BCUT2D eigenvalue weighted by molar-refractivity contribution is 0.181. The summed E-state index contributed by atoms with van der Waals surface area (Å²) in [5, 5.41) is 0. The first kappa shape index (κ1) is 14.3. The van der Waals surface area contributed by atoms with E-state index in [9.17, 15) is 8.42 Å². The highest BCUT2D eigenvalue weighted by atomic mass is 32.2. The predicted octanol–water partition coefficient (Wildman–Crippen LogP) is 1.30. The summed E-state index contributed by atoms with van der Waals surface area (Å²) in [4.78, 5) is 0.224. The van der Waals surface area contributed by atoms with Crippen molar-refractivity contribution in [3.8, 4) is 0 Å². The minimum atomic E-state index is -3.58. The van der Waals surface area contributed by atoms with E-state index in [4.69, 9.17) is 10.5 Å². The van der Waals surface area contributed by atoms with Crippen LogP contribution in [0.25, 0.3) is 0 Å². The Labute approximate surface area is 114 Å². The second-order valence-corrected chi connectivity index (χ2v) is 6.92. The minimum absolute atomic E-state index is 0.107. The zero-order valence-corrected chi connectivity index (χ0v) is 12.3. The van der Waals surface area contributed by atoms with Gasteiger partial charge in [0, 0.05) is 13.7 Å². The minimum Gasteiger partial charge on any atom is -0.397 e. The summed E-state index contributed by atoms with van der Waals surface area (Å²) in [6.07, 6.45) is 0.723. The van der Waals surface area contributed by atoms with Crippen LogP contribution in [0.5, 0.6) is 0 Å². The predicted molar refractivity (Wildman–Crippen MR) is 74.5 cm³/mol. The number of likely N-dealkylation sites (N-methyl/N-ethyl adjacent to an activating group) is 1. The molecular weight excluding hydrogens is 264 g/mol. The van der Waals surface area contributed by atoms with Gasteiger partial charge in [-0.1, -0.05) is 12.1 Å². The van der Waals surface area contributed by atoms with Gasteiger partial charge in [0.1, 0.15) is 4.90 Å². The van der Waals surface area contributed by atoms with Crippen molar-refractivity contribution in [2.45, 2.75) is 31.2 Å². The Morgan fingerprint density at radius 3 is 2.53 bits per heavy atom. The highest BCUT2D eigenvalue weighted by Gasteiger charge is 2.33. The molecule has 2 N–H and O–H groups in total. The molecule has 1 unspecified atom stereocenters. The molecule has 1 heterocycles. The molecule has 0 saturated carbocycles. The maximum absolute atomic E-state index is 12.7. The molecule has 1 aliphatic heterocycles. The van der Waals surface area contributed by atoms with Gasteiger partial charge in [0.2, 0.25) is 10.0 Å². The number of aryl methyl sites for hydroxylation is 2. The van der Waals surface area contributed by atoms with E-state index in [0.717, 1.165) is 12.0 Å². The molecule has 0 radical (unpaired) electrons. The van der Waals surface area contributed by atoms with Gasteiger partial charge in [-0.2, -0.15) is 4.31 Å². The topological polar surface area (TPSA) is 72.6 Å². The third-order valence-electron chi connectivity index (χ3n) is 3.67. The molecule has 0 amide bonds. The molecule has 6 heteroatoms. The van der Waals surface area contributed by atoms with Crippen LogP contribution < -0.4 is 5.73 Å². The van der Waals surface area contributed by atoms with Gasteiger partial charge in [0.25, 0.3) is 0 Å². The molecule has 0 spiro atoms. The van der Waals surface area contributed by atoms with Crippen molar-refractivity contribution in [1.29, 1.82) is 0 Å². The highest BCUT2D eigenvalue weighted by Crippen LogP contribution is 2.30. The first-order valence-electron chi connectivity index (χ1n) is 6.27. The van der Waals surface area contributed by atoms with E-state index in [1.165, 1.54) is 4.31 Å². The van der Waals surface area contributed by atoms with Crippen LogP contribution in [-0.2, 0) is 14.8 Å². The van der Waals surface area contributed by atoms with E-state index in [-0.39, 0.29) is 10.9 Å². The Morgan fingerprint density at radius 2 is 1.95 bits per heavy atom. The Hall–Kier alpha value is -1.11. The maximum Gasteiger partial charge on any atom is 0.245 e. The summed E-state index contributed by atoms with van der Waals surface area (Å²) in [6.45, 7) is 4.63. The van der Waals surface area contributed by atoms with Crippen LogP contribution in [0.15, 0.2) is 17.0 Å². The molecule has 1 saturated heterocycles. The van der Waals surface area contributed by atoms with E-state index >= 15 is 0 Å². The van der Waals surface area contributed by atoms with Crippen LogP contribution in [0.3, 0.4) is 0 Å². The fraction of sp³-hybridized carbons (Fsp3) is 0.538. The van der Waals surface area contributed by atoms with Crippen molar-refractivity contribution >= 4 is 15.7 Å². The molecule has 19 heavy (non-hydrogen) atoms. The molecule has 0 aliphatic carbocycles. The molecule has 1 aromatic carbocycles. The number of rotatable bonds is 3. The zero-order chi connectivity index (χ0) is 14.2. The summed E-state index contributed by atoms with van der Waals surface area (Å²) in [5.41, 5.74) is 7.76. The van der Waals surface area contributed by atoms with E-state index in [1.54, 1.807) is 20.0 Å². The van der Waals surface area contributed by atoms with Crippen molar-refractivity contribution in [2.24, 2.45) is 0 Å². The van der Waals surface area contributed by atoms with Gasteiger partial charge in [-0.05, 0) is 31.4 Å². The zero-order valence-electron chi connectivity index (χ0n) is 11.5. The molecule has 2 rings (SSSR count). The van der Waals surface area contributed by atoms with Gasteiger partial charge in [-0.25, -0.2) is 8.42 Å². The molecule has 1 atom stereocenters. The standard InChI is InChI=1S/C13H20N2O3S/c1-9-4-5-10(2)13(12(9)14)19(16,17)15(3)11-6-7-18-8-11/h4-5,11H,6-8,14H2,1-3H3. The molecule has 1 aromatic rings. The largest absolute Gasteiger partial charge is 0.397 e. The summed E-state index contributed by atoms with van der Waals surface area (Å²) >= 11 is 0. The van der Waals surface area contributed by atoms with Crippen LogP contribution in [0.4, 0.5) is 5.69 Å². The van der Waals surface area contributed by atoms with Gasteiger partial charge < -0.3 is 10.5 Å². The number of hydrogen-bond donors (Lipinski definition) is 1. The van der Waals surface area contributed by atoms with E-state index < -0.39 is 10.0 Å². The smallest absolute Gasteiger partial charge is 0.245 e. The summed E-state index contributed by atoms with van der Waals surface area (Å²) in [6, 6.07) is 3.52. The number of hydrogen-bond acceptors (Lipinski definition) is 4. The molecule has 5 nitrogen and oxygen atoms in total. The lowest BCUT2D eigenvalue weighted by Gasteiger charge is -2.24. The van der Waals surface area contributed by atoms with Crippen LogP contribution in [0.2, 0.25) is 0 Å². The molecule has 106 valence electrons. The lowest BCUT2D eigenvalue weighted by atomic mass is 10.1. The number of anilines is 1. The summed E-state index contributed by atoms with van der Waals surface area (Å²) in [5.74, 6) is 0. The first-order valence-corrected chi connectivity index (χ1v) is 7.71. The van der Waals surface area contributed by atoms with Gasteiger partial charge >= 0.3 is 0 Å². The van der Waals surface area contributed by atoms with Crippen molar-refractivity contribution in [3.63, 3.8) is 0 Å². The second kappa shape index (κ2) is 5.11. The number of sulfonamides is 1. The number of benzene rings is 1. The molecule has 1 aliphatic rings. The van der Waals surface area contributed by atoms with Gasteiger partial charge in [0.15, 0.2) is 0 Å². The van der Waals surface area contributed by atoms with Crippen LogP contribution in [0.1, 0.15) is 17.5 Å². The SMILES string of the molecule is Cc1ccc(C)c(S(=O)(=O)N(C)C2CCOC2)c1N. The molecule has 0 aromatic heterocycles. The maximum atomic E-state index is 12.7. The third-order valence-corrected chi connectivity index (χ3v) is 5.78. The highest BCUT2D eigenvalue weighted by molar-refractivity contribution is 7.89. The van der Waals surface area contributed by atoms with Crippen LogP contribution in [0, 0.1) is 13.8 Å². The Kier molecular flexibility index (Phi) is 3.85. The van der Waals surface area contributed by atoms with Crippen molar-refractivity contribution in [2.75, 3.05) is 26.0 Å². The Balaban J connectivity index is 2.47. The van der Waals surface area contributed by atoms with E-state index in [1.807, 2.05) is 13.0 Å². The second-order valence-electron chi connectivity index (χ2n) is 4.98. The number of ether oxygens (including phenoxy) is 1. The number of nitrogen functional groups attached to an aromatic ring is 1. The summed E-state index contributed by atoms with van der Waals surface area (Å²) in [7, 11) is -1.98. The average molecular weight is 284 g/mol. The average Bonchev–Trinajstić information content (AvgIpc) is 2.86. The summed E-state index contributed by atoms with van der Waals surface area (Å²) < 4.78 is 32.0. The van der Waals surface area contributed by atoms with Crippen molar-refractivity contribution in [1.82, 2.24) is 4.31 Å². The quantitative estimate of drug-likeness (QED) is 0.849. The molecular formula is C13H20N2O3S. The monoisotopic (exact) mass is 284 g/mol. The van der Waals surface area contributed by atoms with Crippen LogP contribution >= 0.6 is 0 Å². The van der Waals surface area contributed by atoms with Gasteiger partial charge in [-0.15, -0.1) is 0 Å². The normalized spacial score (nSPS) is 20.1. The fourth-order valence-corrected chi connectivity index (χ4v) is 4.06.